The Hall–Kier alpha value is -3.56. The van der Waals surface area contributed by atoms with Gasteiger partial charge in [0.1, 0.15) is 11.9 Å². The molecule has 3 atom stereocenters. The highest BCUT2D eigenvalue weighted by atomic mass is 19.1. The van der Waals surface area contributed by atoms with Crippen molar-refractivity contribution in [1.29, 1.82) is 0 Å². The second-order valence-corrected chi connectivity index (χ2v) is 8.43. The number of ether oxygens (including phenoxy) is 2. The normalized spacial score (nSPS) is 20.1. The molecule has 34 heavy (non-hydrogen) atoms. The van der Waals surface area contributed by atoms with Gasteiger partial charge in [-0.2, -0.15) is 0 Å². The van der Waals surface area contributed by atoms with Crippen LogP contribution in [0.2, 0.25) is 0 Å². The molecule has 2 aromatic heterocycles. The van der Waals surface area contributed by atoms with E-state index in [1.165, 1.54) is 20.4 Å². The molecule has 0 aliphatic heterocycles. The van der Waals surface area contributed by atoms with Crippen LogP contribution in [-0.4, -0.2) is 63.7 Å². The SMILES string of the molecule is CC[C@@H]1CC[C@H](F)[C@H](N(C)c2cnc(-c3ccc(-c4cnc(OC)c(OC)n4)cc3O)nn2)C1. The first kappa shape index (κ1) is 23.6. The number of phenols is 1. The average Bonchev–Trinajstić information content (AvgIpc) is 2.88. The zero-order chi connectivity index (χ0) is 24.2. The van der Waals surface area contributed by atoms with Gasteiger partial charge in [0.15, 0.2) is 11.6 Å². The van der Waals surface area contributed by atoms with E-state index in [4.69, 9.17) is 9.47 Å². The lowest BCUT2D eigenvalue weighted by Crippen LogP contribution is -2.44. The molecule has 9 nitrogen and oxygen atoms in total. The monoisotopic (exact) mass is 468 g/mol. The highest BCUT2D eigenvalue weighted by Crippen LogP contribution is 2.34. The summed E-state index contributed by atoms with van der Waals surface area (Å²) >= 11 is 0. The molecule has 0 saturated heterocycles. The highest BCUT2D eigenvalue weighted by Gasteiger charge is 2.33. The van der Waals surface area contributed by atoms with E-state index in [-0.39, 0.29) is 29.4 Å². The summed E-state index contributed by atoms with van der Waals surface area (Å²) in [5.41, 5.74) is 1.57. The van der Waals surface area contributed by atoms with Gasteiger partial charge >= 0.3 is 0 Å². The number of rotatable bonds is 7. The van der Waals surface area contributed by atoms with Gasteiger partial charge in [-0.15, -0.1) is 10.2 Å². The number of aromatic nitrogens is 5. The Labute approximate surface area is 198 Å². The molecular weight excluding hydrogens is 439 g/mol. The number of phenolic OH excluding ortho intramolecular Hbond substituents is 1. The molecule has 0 radical (unpaired) electrons. The van der Waals surface area contributed by atoms with E-state index in [0.717, 1.165) is 19.3 Å². The number of nitrogens with zero attached hydrogens (tertiary/aromatic N) is 6. The molecule has 1 aliphatic rings. The molecule has 1 N–H and O–H groups in total. The highest BCUT2D eigenvalue weighted by molar-refractivity contribution is 5.71. The third-order valence-corrected chi connectivity index (χ3v) is 6.46. The summed E-state index contributed by atoms with van der Waals surface area (Å²) < 4.78 is 24.9. The number of hydrogen-bond acceptors (Lipinski definition) is 9. The topological polar surface area (TPSA) is 106 Å². The van der Waals surface area contributed by atoms with Crippen molar-refractivity contribution in [3.05, 3.63) is 30.6 Å². The fourth-order valence-electron chi connectivity index (χ4n) is 4.34. The standard InChI is InChI=1S/C24H29FN6O3/c1-5-14-6-9-17(25)19(10-14)31(2)21-13-26-22(30-29-21)16-8-7-15(11-20(16)32)18-12-27-23(33-3)24(28-18)34-4/h7-8,11-14,17,19,32H,5-6,9-10H2,1-4H3/t14-,17+,19-/m1/s1. The molecule has 0 amide bonds. The van der Waals surface area contributed by atoms with Crippen molar-refractivity contribution in [2.75, 3.05) is 26.2 Å². The Morgan fingerprint density at radius 2 is 1.88 bits per heavy atom. The maximum Gasteiger partial charge on any atom is 0.278 e. The molecular formula is C24H29FN6O3. The van der Waals surface area contributed by atoms with Crippen molar-refractivity contribution in [3.63, 3.8) is 0 Å². The van der Waals surface area contributed by atoms with Crippen molar-refractivity contribution in [2.45, 2.75) is 44.8 Å². The third kappa shape index (κ3) is 4.71. The molecule has 1 fully saturated rings. The van der Waals surface area contributed by atoms with E-state index in [1.54, 1.807) is 24.4 Å². The zero-order valence-corrected chi connectivity index (χ0v) is 19.8. The van der Waals surface area contributed by atoms with Gasteiger partial charge in [-0.25, -0.2) is 19.3 Å². The Kier molecular flexibility index (Phi) is 7.04. The van der Waals surface area contributed by atoms with E-state index < -0.39 is 6.17 Å². The number of anilines is 1. The van der Waals surface area contributed by atoms with Gasteiger partial charge in [0, 0.05) is 12.6 Å². The number of halogens is 1. The Bertz CT molecular complexity index is 1130. The van der Waals surface area contributed by atoms with Gasteiger partial charge in [0.25, 0.3) is 11.8 Å². The van der Waals surface area contributed by atoms with E-state index in [2.05, 4.69) is 32.1 Å². The van der Waals surface area contributed by atoms with E-state index in [0.29, 0.717) is 35.0 Å². The van der Waals surface area contributed by atoms with Gasteiger partial charge < -0.3 is 19.5 Å². The number of methoxy groups -OCH3 is 2. The molecule has 1 saturated carbocycles. The van der Waals surface area contributed by atoms with Gasteiger partial charge in [0.05, 0.1) is 43.9 Å². The van der Waals surface area contributed by atoms with Crippen LogP contribution in [0.5, 0.6) is 17.5 Å². The third-order valence-electron chi connectivity index (χ3n) is 6.46. The van der Waals surface area contributed by atoms with Crippen LogP contribution in [0.4, 0.5) is 10.2 Å². The van der Waals surface area contributed by atoms with Crippen LogP contribution < -0.4 is 14.4 Å². The molecule has 0 spiro atoms. The second kappa shape index (κ2) is 10.1. The minimum Gasteiger partial charge on any atom is -0.507 e. The molecule has 2 heterocycles. The molecule has 0 unspecified atom stereocenters. The van der Waals surface area contributed by atoms with Crippen LogP contribution in [0.1, 0.15) is 32.6 Å². The lowest BCUT2D eigenvalue weighted by molar-refractivity contribution is 0.170. The van der Waals surface area contributed by atoms with Crippen molar-refractivity contribution >= 4 is 5.82 Å². The second-order valence-electron chi connectivity index (χ2n) is 8.43. The zero-order valence-electron chi connectivity index (χ0n) is 19.8. The van der Waals surface area contributed by atoms with Gasteiger partial charge in [-0.1, -0.05) is 19.4 Å². The number of alkyl halides is 1. The quantitative estimate of drug-likeness (QED) is 0.549. The molecule has 4 rings (SSSR count). The first-order valence-corrected chi connectivity index (χ1v) is 11.3. The summed E-state index contributed by atoms with van der Waals surface area (Å²) in [6.45, 7) is 2.14. The minimum absolute atomic E-state index is 0.0288. The lowest BCUT2D eigenvalue weighted by atomic mass is 9.82. The number of aromatic hydroxyl groups is 1. The minimum atomic E-state index is -0.898. The molecule has 1 aromatic carbocycles. The smallest absolute Gasteiger partial charge is 0.278 e. The predicted octanol–water partition coefficient (Wildman–Crippen LogP) is 4.07. The van der Waals surface area contributed by atoms with Crippen molar-refractivity contribution < 1.29 is 19.0 Å². The first-order valence-electron chi connectivity index (χ1n) is 11.3. The fraction of sp³-hybridized carbons (Fsp3) is 0.458. The molecule has 0 bridgehead atoms. The summed E-state index contributed by atoms with van der Waals surface area (Å²) in [7, 11) is 4.79. The van der Waals surface area contributed by atoms with Crippen LogP contribution in [0.3, 0.4) is 0 Å². The van der Waals surface area contributed by atoms with Crippen molar-refractivity contribution in [1.82, 2.24) is 25.1 Å². The lowest BCUT2D eigenvalue weighted by Gasteiger charge is -2.37. The maximum atomic E-state index is 14.6. The fourth-order valence-corrected chi connectivity index (χ4v) is 4.34. The Balaban J connectivity index is 1.54. The van der Waals surface area contributed by atoms with Gasteiger partial charge in [-0.3, -0.25) is 0 Å². The van der Waals surface area contributed by atoms with Crippen LogP contribution in [0, 0.1) is 5.92 Å². The van der Waals surface area contributed by atoms with Crippen molar-refractivity contribution in [3.8, 4) is 40.2 Å². The summed E-state index contributed by atoms with van der Waals surface area (Å²) in [5.74, 6) is 1.78. The Morgan fingerprint density at radius 1 is 1.09 bits per heavy atom. The first-order chi connectivity index (χ1) is 16.4. The molecule has 1 aliphatic carbocycles. The Morgan fingerprint density at radius 3 is 2.53 bits per heavy atom. The summed E-state index contributed by atoms with van der Waals surface area (Å²) in [6.07, 6.45) is 5.53. The van der Waals surface area contributed by atoms with Crippen LogP contribution in [0.25, 0.3) is 22.6 Å². The molecule has 3 aromatic rings. The molecule has 10 heteroatoms. The van der Waals surface area contributed by atoms with Crippen LogP contribution in [-0.2, 0) is 0 Å². The van der Waals surface area contributed by atoms with E-state index in [1.807, 2.05) is 11.9 Å². The van der Waals surface area contributed by atoms with Crippen LogP contribution in [0.15, 0.2) is 30.6 Å². The molecule has 180 valence electrons. The van der Waals surface area contributed by atoms with Gasteiger partial charge in [0.2, 0.25) is 0 Å². The summed E-state index contributed by atoms with van der Waals surface area (Å²) in [4.78, 5) is 14.8. The predicted molar refractivity (Wildman–Crippen MR) is 126 cm³/mol. The number of benzene rings is 1. The van der Waals surface area contributed by atoms with Gasteiger partial charge in [-0.05, 0) is 37.3 Å². The van der Waals surface area contributed by atoms with E-state index >= 15 is 0 Å². The largest absolute Gasteiger partial charge is 0.507 e. The number of hydrogen-bond donors (Lipinski definition) is 1. The maximum absolute atomic E-state index is 14.6. The average molecular weight is 469 g/mol. The van der Waals surface area contributed by atoms with Crippen LogP contribution >= 0.6 is 0 Å². The summed E-state index contributed by atoms with van der Waals surface area (Å²) in [6, 6.07) is 4.77. The van der Waals surface area contributed by atoms with Crippen molar-refractivity contribution in [2.24, 2.45) is 5.92 Å². The summed E-state index contributed by atoms with van der Waals surface area (Å²) in [5, 5.41) is 19.1. The van der Waals surface area contributed by atoms with E-state index in [9.17, 15) is 9.50 Å².